The smallest absolute Gasteiger partial charge is 0.248 e. The summed E-state index contributed by atoms with van der Waals surface area (Å²) >= 11 is 3.21. The van der Waals surface area contributed by atoms with E-state index in [-0.39, 0.29) is 0 Å². The maximum absolute atomic E-state index is 7.38. The van der Waals surface area contributed by atoms with Crippen LogP contribution in [-0.4, -0.2) is 4.98 Å². The Hall–Kier alpha value is -2.35. The molecule has 0 saturated carbocycles. The molecule has 0 aliphatic heterocycles. The monoisotopic (exact) mass is 306 g/mol. The van der Waals surface area contributed by atoms with Gasteiger partial charge >= 0.3 is 0 Å². The quantitative estimate of drug-likeness (QED) is 0.427. The van der Waals surface area contributed by atoms with Crippen molar-refractivity contribution in [3.05, 3.63) is 64.6 Å². The second kappa shape index (κ2) is 4.88. The summed E-state index contributed by atoms with van der Waals surface area (Å²) in [5.74, 6) is 0. The van der Waals surface area contributed by atoms with Crippen LogP contribution in [0, 0.1) is 6.57 Å². The Labute approximate surface area is 130 Å². The molecule has 0 atom stereocenters. The van der Waals surface area contributed by atoms with E-state index in [1.165, 1.54) is 21.6 Å². The highest BCUT2D eigenvalue weighted by molar-refractivity contribution is 7.15. The number of H-pyrrole nitrogens is 1. The summed E-state index contributed by atoms with van der Waals surface area (Å²) in [5, 5.41) is 5.98. The Balaban J connectivity index is 2.11. The summed E-state index contributed by atoms with van der Waals surface area (Å²) in [6, 6.07) is 14.5. The molecule has 4 heteroatoms. The molecule has 0 unspecified atom stereocenters. The Morgan fingerprint density at radius 1 is 0.952 bits per heavy atom. The van der Waals surface area contributed by atoms with E-state index >= 15 is 0 Å². The van der Waals surface area contributed by atoms with Crippen LogP contribution in [-0.2, 0) is 0 Å². The van der Waals surface area contributed by atoms with Gasteiger partial charge in [-0.25, -0.2) is 4.85 Å². The summed E-state index contributed by atoms with van der Waals surface area (Å²) in [7, 11) is 0. The van der Waals surface area contributed by atoms with E-state index in [1.807, 2.05) is 23.6 Å². The molecule has 0 spiro atoms. The summed E-state index contributed by atoms with van der Waals surface area (Å²) in [5.41, 5.74) is 4.38. The highest BCUT2D eigenvalue weighted by Crippen LogP contribution is 2.45. The standard InChI is InChI=1S/C17H10N2S2/c1-18-17-12(8-10-21-17)15-11-5-2-3-6-13(11)19-16(15)14-7-4-9-20-14/h2-10,19H. The summed E-state index contributed by atoms with van der Waals surface area (Å²) in [6.45, 7) is 7.38. The molecule has 100 valence electrons. The molecule has 0 fully saturated rings. The minimum Gasteiger partial charge on any atom is -0.353 e. The molecule has 0 aliphatic carbocycles. The van der Waals surface area contributed by atoms with Crippen molar-refractivity contribution in [1.82, 2.24) is 4.98 Å². The second-order valence-electron chi connectivity index (χ2n) is 4.65. The number of hydrogen-bond donors (Lipinski definition) is 1. The number of nitrogens with zero attached hydrogens (tertiary/aromatic N) is 1. The number of aromatic nitrogens is 1. The molecule has 3 heterocycles. The fraction of sp³-hybridized carbons (Fsp3) is 0. The molecule has 0 aliphatic rings. The Morgan fingerprint density at radius 2 is 1.86 bits per heavy atom. The summed E-state index contributed by atoms with van der Waals surface area (Å²) < 4.78 is 0. The van der Waals surface area contributed by atoms with Gasteiger partial charge in [-0.3, -0.25) is 0 Å². The fourth-order valence-corrected chi connectivity index (χ4v) is 4.02. The van der Waals surface area contributed by atoms with Gasteiger partial charge in [-0.1, -0.05) is 30.3 Å². The molecule has 1 aromatic carbocycles. The number of rotatable bonds is 2. The number of nitrogens with one attached hydrogen (secondary N) is 1. The third-order valence-corrected chi connectivity index (χ3v) is 5.18. The van der Waals surface area contributed by atoms with Gasteiger partial charge in [0.15, 0.2) is 0 Å². The van der Waals surface area contributed by atoms with Crippen LogP contribution in [0.5, 0.6) is 0 Å². The number of thiophene rings is 2. The predicted octanol–water partition coefficient (Wildman–Crippen LogP) is 6.18. The van der Waals surface area contributed by atoms with Crippen molar-refractivity contribution in [2.75, 3.05) is 0 Å². The van der Waals surface area contributed by atoms with Crippen LogP contribution in [0.15, 0.2) is 53.2 Å². The third kappa shape index (κ3) is 1.90. The Bertz CT molecular complexity index is 952. The highest BCUT2D eigenvalue weighted by atomic mass is 32.1. The molecular formula is C17H10N2S2. The topological polar surface area (TPSA) is 20.1 Å². The van der Waals surface area contributed by atoms with E-state index in [4.69, 9.17) is 6.57 Å². The minimum atomic E-state index is 0.748. The predicted molar refractivity (Wildman–Crippen MR) is 91.2 cm³/mol. The first kappa shape index (κ1) is 12.4. The van der Waals surface area contributed by atoms with Crippen LogP contribution in [0.25, 0.3) is 37.4 Å². The van der Waals surface area contributed by atoms with E-state index < -0.39 is 0 Å². The van der Waals surface area contributed by atoms with Gasteiger partial charge in [-0.15, -0.1) is 11.3 Å². The first-order valence-electron chi connectivity index (χ1n) is 6.48. The van der Waals surface area contributed by atoms with Crippen LogP contribution >= 0.6 is 22.7 Å². The molecule has 0 saturated heterocycles. The van der Waals surface area contributed by atoms with Gasteiger partial charge in [-0.05, 0) is 22.9 Å². The van der Waals surface area contributed by atoms with Gasteiger partial charge in [0.1, 0.15) is 0 Å². The third-order valence-electron chi connectivity index (χ3n) is 3.49. The molecule has 21 heavy (non-hydrogen) atoms. The van der Waals surface area contributed by atoms with Gasteiger partial charge in [-0.2, -0.15) is 11.3 Å². The van der Waals surface area contributed by atoms with E-state index in [0.717, 1.165) is 27.3 Å². The molecule has 0 radical (unpaired) electrons. The molecule has 1 N–H and O–H groups in total. The Morgan fingerprint density at radius 3 is 2.67 bits per heavy atom. The van der Waals surface area contributed by atoms with Gasteiger partial charge in [0, 0.05) is 22.0 Å². The molecule has 4 rings (SSSR count). The average molecular weight is 306 g/mol. The molecule has 0 bridgehead atoms. The van der Waals surface area contributed by atoms with E-state index in [0.29, 0.717) is 0 Å². The largest absolute Gasteiger partial charge is 0.353 e. The first-order valence-corrected chi connectivity index (χ1v) is 8.24. The zero-order valence-electron chi connectivity index (χ0n) is 11.0. The van der Waals surface area contributed by atoms with Crippen molar-refractivity contribution >= 4 is 38.6 Å². The number of fused-ring (bicyclic) bond motifs is 1. The van der Waals surface area contributed by atoms with Crippen LogP contribution in [0.1, 0.15) is 0 Å². The van der Waals surface area contributed by atoms with Crippen LogP contribution in [0.4, 0.5) is 5.00 Å². The van der Waals surface area contributed by atoms with Gasteiger partial charge < -0.3 is 4.98 Å². The van der Waals surface area contributed by atoms with Gasteiger partial charge in [0.2, 0.25) is 5.00 Å². The normalized spacial score (nSPS) is 10.8. The van der Waals surface area contributed by atoms with Crippen molar-refractivity contribution in [3.63, 3.8) is 0 Å². The number of para-hydroxylation sites is 1. The van der Waals surface area contributed by atoms with Crippen LogP contribution in [0.3, 0.4) is 0 Å². The fourth-order valence-electron chi connectivity index (χ4n) is 2.61. The van der Waals surface area contributed by atoms with E-state index in [2.05, 4.69) is 39.5 Å². The number of aromatic amines is 1. The Kier molecular flexibility index (Phi) is 2.88. The average Bonchev–Trinajstić information content (AvgIpc) is 3.24. The molecule has 2 nitrogen and oxygen atoms in total. The second-order valence-corrected chi connectivity index (χ2v) is 6.49. The number of hydrogen-bond acceptors (Lipinski definition) is 2. The van der Waals surface area contributed by atoms with Crippen molar-refractivity contribution in [2.45, 2.75) is 0 Å². The van der Waals surface area contributed by atoms with Crippen molar-refractivity contribution in [3.8, 4) is 21.7 Å². The van der Waals surface area contributed by atoms with Crippen LogP contribution in [0.2, 0.25) is 0 Å². The van der Waals surface area contributed by atoms with E-state index in [9.17, 15) is 0 Å². The first-order chi connectivity index (χ1) is 10.4. The van der Waals surface area contributed by atoms with Crippen molar-refractivity contribution < 1.29 is 0 Å². The lowest BCUT2D eigenvalue weighted by atomic mass is 10.0. The molecular weight excluding hydrogens is 296 g/mol. The molecule has 3 aromatic heterocycles. The van der Waals surface area contributed by atoms with Crippen LogP contribution < -0.4 is 0 Å². The minimum absolute atomic E-state index is 0.748. The maximum Gasteiger partial charge on any atom is 0.248 e. The van der Waals surface area contributed by atoms with Gasteiger partial charge in [0.25, 0.3) is 0 Å². The highest BCUT2D eigenvalue weighted by Gasteiger charge is 2.18. The van der Waals surface area contributed by atoms with Gasteiger partial charge in [0.05, 0.1) is 17.1 Å². The maximum atomic E-state index is 7.38. The van der Waals surface area contributed by atoms with Crippen molar-refractivity contribution in [2.24, 2.45) is 0 Å². The SMILES string of the molecule is [C-]#[N+]c1sccc1-c1c(-c2cccs2)[nH]c2ccccc12. The zero-order valence-corrected chi connectivity index (χ0v) is 12.6. The lowest BCUT2D eigenvalue weighted by Crippen LogP contribution is -1.77. The van der Waals surface area contributed by atoms with E-state index in [1.54, 1.807) is 11.3 Å². The lowest BCUT2D eigenvalue weighted by Gasteiger charge is -2.02. The lowest BCUT2D eigenvalue weighted by molar-refractivity contribution is 1.48. The molecule has 4 aromatic rings. The number of benzene rings is 1. The zero-order chi connectivity index (χ0) is 14.2. The molecule has 0 amide bonds. The van der Waals surface area contributed by atoms with Crippen molar-refractivity contribution in [1.29, 1.82) is 0 Å². The summed E-state index contributed by atoms with van der Waals surface area (Å²) in [4.78, 5) is 8.39. The summed E-state index contributed by atoms with van der Waals surface area (Å²) in [6.07, 6.45) is 0.